The molecule has 1 saturated carbocycles. The van der Waals surface area contributed by atoms with Gasteiger partial charge in [-0.3, -0.25) is 9.59 Å². The molecule has 8 heteroatoms. The van der Waals surface area contributed by atoms with Crippen molar-refractivity contribution in [1.82, 2.24) is 19.9 Å². The Bertz CT molecular complexity index is 3010. The molecule has 0 spiro atoms. The summed E-state index contributed by atoms with van der Waals surface area (Å²) >= 11 is 7.97. The van der Waals surface area contributed by atoms with Gasteiger partial charge in [-0.05, 0) is 96.4 Å². The van der Waals surface area contributed by atoms with Crippen molar-refractivity contribution in [2.24, 2.45) is 5.92 Å². The summed E-state index contributed by atoms with van der Waals surface area (Å²) in [5.41, 5.74) is 14.1. The summed E-state index contributed by atoms with van der Waals surface area (Å²) in [5.74, 6) is -1.05. The average molecular weight is 883 g/mol. The van der Waals surface area contributed by atoms with Gasteiger partial charge in [-0.2, -0.15) is 0 Å². The normalized spacial score (nSPS) is 14.6. The molecule has 3 aromatic heterocycles. The second kappa shape index (κ2) is 14.9. The number of hydrogen-bond acceptors (Lipinski definition) is 4. The van der Waals surface area contributed by atoms with Gasteiger partial charge in [-0.15, -0.1) is 0 Å². The summed E-state index contributed by atoms with van der Waals surface area (Å²) in [6, 6.07) is 49.1. The van der Waals surface area contributed by atoms with Crippen LogP contribution in [0.25, 0.3) is 87.2 Å². The smallest absolute Gasteiger partial charge is 0.147 e. The second-order valence-electron chi connectivity index (χ2n) is 14.6. The Morgan fingerprint density at radius 1 is 0.448 bits per heavy atom. The van der Waals surface area contributed by atoms with Crippen LogP contribution in [0.2, 0.25) is 0 Å². The van der Waals surface area contributed by atoms with E-state index in [0.29, 0.717) is 36.2 Å². The molecule has 3 aliphatic rings. The standard InChI is InChI=1S/C50H34Br2N4O2/c51-46-47(52)50-44(32-20-11-4-12-21-32)37-27-26-35(54-37)42(30-16-7-2-8-17-30)48-33(45-39(57)22-13-23-40(45)58)28-38(55-48)41(29-14-5-1-6-15-29)34-24-25-36(53-34)43(49(46)56-50)31-18-9-3-10-19-31/h1-12,14-21,24-28,45,53-54H,13,22-23H2. The molecule has 0 saturated heterocycles. The van der Waals surface area contributed by atoms with E-state index in [1.54, 1.807) is 0 Å². The highest BCUT2D eigenvalue weighted by Crippen LogP contribution is 2.48. The van der Waals surface area contributed by atoms with Crippen molar-refractivity contribution >= 4 is 86.1 Å². The van der Waals surface area contributed by atoms with Crippen molar-refractivity contribution < 1.29 is 9.59 Å². The first-order chi connectivity index (χ1) is 28.4. The number of nitrogens with zero attached hydrogens (tertiary/aromatic N) is 2. The van der Waals surface area contributed by atoms with Gasteiger partial charge in [0.2, 0.25) is 0 Å². The van der Waals surface area contributed by atoms with Crippen molar-refractivity contribution in [2.45, 2.75) is 19.3 Å². The predicted octanol–water partition coefficient (Wildman–Crippen LogP) is 13.1. The molecule has 0 atom stereocenters. The van der Waals surface area contributed by atoms with Gasteiger partial charge in [-0.25, -0.2) is 9.97 Å². The van der Waals surface area contributed by atoms with Gasteiger partial charge in [0.15, 0.2) is 0 Å². The molecule has 0 amide bonds. The highest BCUT2D eigenvalue weighted by Gasteiger charge is 2.37. The highest BCUT2D eigenvalue weighted by atomic mass is 79.9. The van der Waals surface area contributed by atoms with E-state index in [1.807, 2.05) is 78.9 Å². The van der Waals surface area contributed by atoms with Crippen LogP contribution >= 0.6 is 31.9 Å². The van der Waals surface area contributed by atoms with Crippen LogP contribution in [-0.4, -0.2) is 31.5 Å². The first-order valence-electron chi connectivity index (χ1n) is 19.3. The lowest BCUT2D eigenvalue weighted by Crippen LogP contribution is -2.29. The van der Waals surface area contributed by atoms with E-state index < -0.39 is 5.92 Å². The summed E-state index contributed by atoms with van der Waals surface area (Å²) in [7, 11) is 0. The Kier molecular flexibility index (Phi) is 9.31. The molecule has 7 aromatic rings. The number of carbonyl (C=O) groups excluding carboxylic acids is 2. The minimum absolute atomic E-state index is 0.0691. The molecule has 0 unspecified atom stereocenters. The third-order valence-corrected chi connectivity index (χ3v) is 13.2. The molecule has 8 bridgehead atoms. The Morgan fingerprint density at radius 3 is 1.22 bits per heavy atom. The molecule has 4 aromatic carbocycles. The van der Waals surface area contributed by atoms with E-state index in [4.69, 9.17) is 9.97 Å². The number of hydrogen-bond donors (Lipinski definition) is 2. The molecule has 2 N–H and O–H groups in total. The fourth-order valence-electron chi connectivity index (χ4n) is 8.48. The number of aromatic amines is 2. The first kappa shape index (κ1) is 36.1. The number of ketones is 2. The van der Waals surface area contributed by atoms with Crippen LogP contribution in [0.4, 0.5) is 0 Å². The monoisotopic (exact) mass is 880 g/mol. The molecule has 58 heavy (non-hydrogen) atoms. The molecule has 6 nitrogen and oxygen atoms in total. The minimum Gasteiger partial charge on any atom is -0.354 e. The van der Waals surface area contributed by atoms with E-state index in [0.717, 1.165) is 86.9 Å². The van der Waals surface area contributed by atoms with Crippen LogP contribution in [0.3, 0.4) is 0 Å². The second-order valence-corrected chi connectivity index (χ2v) is 16.2. The van der Waals surface area contributed by atoms with Crippen LogP contribution < -0.4 is 0 Å². The number of Topliss-reactive ketones (excluding diaryl/α,β-unsaturated/α-hetero) is 2. The van der Waals surface area contributed by atoms with Crippen molar-refractivity contribution in [3.05, 3.63) is 168 Å². The van der Waals surface area contributed by atoms with Crippen LogP contribution in [0, 0.1) is 5.92 Å². The first-order valence-corrected chi connectivity index (χ1v) is 20.9. The summed E-state index contributed by atoms with van der Waals surface area (Å²) in [4.78, 5) is 46.4. The zero-order valence-corrected chi connectivity index (χ0v) is 34.3. The van der Waals surface area contributed by atoms with Gasteiger partial charge in [0, 0.05) is 57.2 Å². The number of nitrogens with one attached hydrogen (secondary N) is 2. The average Bonchev–Trinajstić information content (AvgIpc) is 4.07. The maximum atomic E-state index is 13.9. The lowest BCUT2D eigenvalue weighted by Gasteiger charge is -2.21. The third-order valence-electron chi connectivity index (χ3n) is 11.1. The molecule has 0 radical (unpaired) electrons. The lowest BCUT2D eigenvalue weighted by molar-refractivity contribution is -0.132. The van der Waals surface area contributed by atoms with Crippen molar-refractivity contribution in [3.63, 3.8) is 0 Å². The fourth-order valence-corrected chi connectivity index (χ4v) is 9.43. The number of fused-ring (bicyclic) bond motifs is 8. The molecule has 2 aliphatic heterocycles. The molecular formula is C50H34Br2N4O2. The van der Waals surface area contributed by atoms with E-state index in [9.17, 15) is 9.59 Å². The Hall–Kier alpha value is -6.22. The molecule has 1 fully saturated rings. The van der Waals surface area contributed by atoms with Gasteiger partial charge >= 0.3 is 0 Å². The number of H-pyrrole nitrogens is 2. The van der Waals surface area contributed by atoms with Gasteiger partial charge in [0.25, 0.3) is 0 Å². The maximum absolute atomic E-state index is 13.9. The Balaban J connectivity index is 1.45. The number of aromatic nitrogens is 4. The molecule has 280 valence electrons. The Morgan fingerprint density at radius 2 is 0.810 bits per heavy atom. The van der Waals surface area contributed by atoms with Crippen molar-refractivity contribution in [2.75, 3.05) is 0 Å². The molecule has 10 rings (SSSR count). The lowest BCUT2D eigenvalue weighted by atomic mass is 9.79. The number of rotatable bonds is 5. The number of carbonyl (C=O) groups is 2. The number of allylic oxidation sites excluding steroid dienone is 1. The SMILES string of the molecule is O=C1CCCC(=O)C1C1=Cc2nc1c(-c1ccccc1)c1ccc([nH]1)c(-c1ccccc1)c1nc(c(-c3ccccc3)c3ccc([nH]3)c2-c2ccccc2)C(Br)=C1Br. The highest BCUT2D eigenvalue weighted by molar-refractivity contribution is 9.18. The van der Waals surface area contributed by atoms with Gasteiger partial charge < -0.3 is 9.97 Å². The van der Waals surface area contributed by atoms with Crippen LogP contribution in [-0.2, 0) is 9.59 Å². The third kappa shape index (κ3) is 6.24. The minimum atomic E-state index is -0.916. The zero-order chi connectivity index (χ0) is 39.3. The topological polar surface area (TPSA) is 91.5 Å². The summed E-state index contributed by atoms with van der Waals surface area (Å²) in [6.45, 7) is 0. The summed E-state index contributed by atoms with van der Waals surface area (Å²) in [5, 5.41) is 0. The Labute approximate surface area is 351 Å². The quantitative estimate of drug-likeness (QED) is 0.168. The van der Waals surface area contributed by atoms with Crippen molar-refractivity contribution in [1.29, 1.82) is 0 Å². The van der Waals surface area contributed by atoms with Crippen molar-refractivity contribution in [3.8, 4) is 44.5 Å². The van der Waals surface area contributed by atoms with E-state index in [-0.39, 0.29) is 11.6 Å². The predicted molar refractivity (Wildman–Crippen MR) is 243 cm³/mol. The zero-order valence-electron chi connectivity index (χ0n) is 31.1. The van der Waals surface area contributed by atoms with Gasteiger partial charge in [0.05, 0.1) is 31.7 Å². The molecular weight excluding hydrogens is 848 g/mol. The van der Waals surface area contributed by atoms with E-state index in [1.165, 1.54) is 0 Å². The summed E-state index contributed by atoms with van der Waals surface area (Å²) in [6.07, 6.45) is 3.25. The largest absolute Gasteiger partial charge is 0.354 e. The van der Waals surface area contributed by atoms with Crippen LogP contribution in [0.5, 0.6) is 0 Å². The van der Waals surface area contributed by atoms with Gasteiger partial charge in [-0.1, -0.05) is 121 Å². The molecule has 1 aliphatic carbocycles. The van der Waals surface area contributed by atoms with Crippen LogP contribution in [0.1, 0.15) is 42.0 Å². The summed E-state index contributed by atoms with van der Waals surface area (Å²) < 4.78 is 1.66. The van der Waals surface area contributed by atoms with Gasteiger partial charge in [0.1, 0.15) is 17.5 Å². The fraction of sp³-hybridized carbons (Fsp3) is 0.0800. The number of benzene rings is 4. The number of halogens is 2. The molecule has 5 heterocycles. The van der Waals surface area contributed by atoms with Crippen LogP contribution in [0.15, 0.2) is 146 Å². The maximum Gasteiger partial charge on any atom is 0.147 e. The van der Waals surface area contributed by atoms with E-state index in [2.05, 4.69) is 115 Å². The van der Waals surface area contributed by atoms with E-state index >= 15 is 0 Å².